The highest BCUT2D eigenvalue weighted by molar-refractivity contribution is 5.99. The Balaban J connectivity index is 1.73. The number of rotatable bonds is 3. The molecule has 6 heteroatoms. The molecule has 5 nitrogen and oxygen atoms in total. The molecule has 0 aromatic heterocycles. The lowest BCUT2D eigenvalue weighted by atomic mass is 10.1. The largest absolute Gasteiger partial charge is 0.479 e. The van der Waals surface area contributed by atoms with Crippen LogP contribution in [0.4, 0.5) is 10.1 Å². The third-order valence-corrected chi connectivity index (χ3v) is 3.91. The fourth-order valence-corrected chi connectivity index (χ4v) is 2.58. The lowest BCUT2D eigenvalue weighted by molar-refractivity contribution is -0.125. The van der Waals surface area contributed by atoms with Crippen LogP contribution in [0.2, 0.25) is 0 Å². The molecule has 1 unspecified atom stereocenters. The number of nitrogens with zero attached hydrogens (tertiary/aromatic N) is 1. The predicted molar refractivity (Wildman–Crippen MR) is 87.5 cm³/mol. The Morgan fingerprint density at radius 3 is 2.83 bits per heavy atom. The molecule has 1 N–H and O–H groups in total. The Hall–Kier alpha value is -2.89. The molecule has 2 aromatic carbocycles. The van der Waals surface area contributed by atoms with Crippen molar-refractivity contribution in [3.05, 3.63) is 59.4 Å². The molecule has 0 radical (unpaired) electrons. The molecule has 3 rings (SSSR count). The molecule has 0 bridgehead atoms. The number of benzene rings is 2. The van der Waals surface area contributed by atoms with Crippen LogP contribution in [0.3, 0.4) is 0 Å². The van der Waals surface area contributed by atoms with Gasteiger partial charge in [-0.2, -0.15) is 0 Å². The van der Waals surface area contributed by atoms with E-state index in [0.29, 0.717) is 11.4 Å². The molecule has 0 aliphatic carbocycles. The second-order valence-corrected chi connectivity index (χ2v) is 5.65. The standard InChI is InChI=1S/C18H17FN2O3/c1-11-18(23)21(2)15-8-12(6-7-16(15)24-11)10-20-17(22)13-4-3-5-14(19)9-13/h3-9,11H,10H2,1-2H3,(H,20,22). The van der Waals surface area contributed by atoms with Gasteiger partial charge in [0.15, 0.2) is 6.10 Å². The van der Waals surface area contributed by atoms with Crippen LogP contribution in [0, 0.1) is 5.82 Å². The third-order valence-electron chi connectivity index (χ3n) is 3.91. The van der Waals surface area contributed by atoms with Crippen molar-refractivity contribution in [2.45, 2.75) is 19.6 Å². The van der Waals surface area contributed by atoms with Crippen molar-refractivity contribution >= 4 is 17.5 Å². The second-order valence-electron chi connectivity index (χ2n) is 5.65. The van der Waals surface area contributed by atoms with E-state index in [9.17, 15) is 14.0 Å². The van der Waals surface area contributed by atoms with Crippen molar-refractivity contribution in [2.24, 2.45) is 0 Å². The third kappa shape index (κ3) is 3.08. The first-order valence-corrected chi connectivity index (χ1v) is 7.56. The molecule has 1 aliphatic heterocycles. The zero-order chi connectivity index (χ0) is 17.3. The van der Waals surface area contributed by atoms with Crippen LogP contribution in [0.5, 0.6) is 5.75 Å². The SMILES string of the molecule is CC1Oc2ccc(CNC(=O)c3cccc(F)c3)cc2N(C)C1=O. The van der Waals surface area contributed by atoms with E-state index in [1.54, 1.807) is 37.1 Å². The Bertz CT molecular complexity index is 807. The van der Waals surface area contributed by atoms with Crippen molar-refractivity contribution in [1.82, 2.24) is 5.32 Å². The molecule has 24 heavy (non-hydrogen) atoms. The number of amides is 2. The Morgan fingerprint density at radius 2 is 2.08 bits per heavy atom. The van der Waals surface area contributed by atoms with Gasteiger partial charge in [0, 0.05) is 19.2 Å². The highest BCUT2D eigenvalue weighted by Gasteiger charge is 2.28. The van der Waals surface area contributed by atoms with Gasteiger partial charge in [-0.25, -0.2) is 4.39 Å². The molecule has 1 heterocycles. The first-order chi connectivity index (χ1) is 11.5. The average molecular weight is 328 g/mol. The van der Waals surface area contributed by atoms with Gasteiger partial charge in [0.05, 0.1) is 5.69 Å². The Labute approximate surface area is 139 Å². The Morgan fingerprint density at radius 1 is 1.29 bits per heavy atom. The second kappa shape index (κ2) is 6.31. The number of fused-ring (bicyclic) bond motifs is 1. The number of likely N-dealkylation sites (N-methyl/N-ethyl adjacent to an activating group) is 1. The summed E-state index contributed by atoms with van der Waals surface area (Å²) in [6.45, 7) is 1.97. The molecule has 0 saturated heterocycles. The van der Waals surface area contributed by atoms with Crippen LogP contribution in [-0.2, 0) is 11.3 Å². The summed E-state index contributed by atoms with van der Waals surface area (Å²) in [5, 5.41) is 2.73. The van der Waals surface area contributed by atoms with E-state index < -0.39 is 11.9 Å². The van der Waals surface area contributed by atoms with Gasteiger partial charge < -0.3 is 15.0 Å². The highest BCUT2D eigenvalue weighted by atomic mass is 19.1. The van der Waals surface area contributed by atoms with E-state index in [2.05, 4.69) is 5.32 Å². The minimum absolute atomic E-state index is 0.122. The molecule has 0 saturated carbocycles. The average Bonchev–Trinajstić information content (AvgIpc) is 2.58. The van der Waals surface area contributed by atoms with Crippen molar-refractivity contribution < 1.29 is 18.7 Å². The zero-order valence-electron chi connectivity index (χ0n) is 13.4. The van der Waals surface area contributed by atoms with Gasteiger partial charge in [0.2, 0.25) is 0 Å². The molecule has 1 aliphatic rings. The number of ether oxygens (including phenoxy) is 1. The summed E-state index contributed by atoms with van der Waals surface area (Å²) in [4.78, 5) is 25.6. The summed E-state index contributed by atoms with van der Waals surface area (Å²) in [7, 11) is 1.69. The maximum Gasteiger partial charge on any atom is 0.267 e. The first-order valence-electron chi connectivity index (χ1n) is 7.56. The number of nitrogens with one attached hydrogen (secondary N) is 1. The van der Waals surface area contributed by atoms with Crippen molar-refractivity contribution in [2.75, 3.05) is 11.9 Å². The van der Waals surface area contributed by atoms with E-state index in [1.165, 1.54) is 18.2 Å². The molecular weight excluding hydrogens is 311 g/mol. The molecule has 0 fully saturated rings. The molecule has 124 valence electrons. The van der Waals surface area contributed by atoms with Crippen LogP contribution in [0.1, 0.15) is 22.8 Å². The molecule has 2 aromatic rings. The number of halogens is 1. The number of carbonyl (C=O) groups is 2. The predicted octanol–water partition coefficient (Wildman–Crippen LogP) is 2.50. The summed E-state index contributed by atoms with van der Waals surface area (Å²) >= 11 is 0. The quantitative estimate of drug-likeness (QED) is 0.942. The molecule has 0 spiro atoms. The first kappa shape index (κ1) is 16.0. The summed E-state index contributed by atoms with van der Waals surface area (Å²) < 4.78 is 18.7. The maximum absolute atomic E-state index is 13.2. The van der Waals surface area contributed by atoms with Gasteiger partial charge in [-0.05, 0) is 42.8 Å². The topological polar surface area (TPSA) is 58.6 Å². The molecular formula is C18H17FN2O3. The van der Waals surface area contributed by atoms with Crippen molar-refractivity contribution in [1.29, 1.82) is 0 Å². The summed E-state index contributed by atoms with van der Waals surface area (Å²) in [6.07, 6.45) is -0.513. The normalized spacial score (nSPS) is 16.4. The summed E-state index contributed by atoms with van der Waals surface area (Å²) in [5.41, 5.74) is 1.74. The fourth-order valence-electron chi connectivity index (χ4n) is 2.58. The monoisotopic (exact) mass is 328 g/mol. The van der Waals surface area contributed by atoms with Gasteiger partial charge >= 0.3 is 0 Å². The van der Waals surface area contributed by atoms with Gasteiger partial charge in [-0.1, -0.05) is 12.1 Å². The maximum atomic E-state index is 13.2. The van der Waals surface area contributed by atoms with Crippen LogP contribution < -0.4 is 15.0 Å². The number of carbonyl (C=O) groups excluding carboxylic acids is 2. The number of anilines is 1. The van der Waals surface area contributed by atoms with Crippen LogP contribution in [-0.4, -0.2) is 25.0 Å². The van der Waals surface area contributed by atoms with E-state index >= 15 is 0 Å². The minimum Gasteiger partial charge on any atom is -0.479 e. The van der Waals surface area contributed by atoms with E-state index in [0.717, 1.165) is 5.56 Å². The van der Waals surface area contributed by atoms with Crippen molar-refractivity contribution in [3.63, 3.8) is 0 Å². The van der Waals surface area contributed by atoms with E-state index in [1.807, 2.05) is 6.07 Å². The lowest BCUT2D eigenvalue weighted by Crippen LogP contribution is -2.42. The summed E-state index contributed by atoms with van der Waals surface area (Å²) in [6, 6.07) is 10.9. The molecule has 1 atom stereocenters. The van der Waals surface area contributed by atoms with Gasteiger partial charge in [0.1, 0.15) is 11.6 Å². The van der Waals surface area contributed by atoms with Gasteiger partial charge in [0.25, 0.3) is 11.8 Å². The highest BCUT2D eigenvalue weighted by Crippen LogP contribution is 2.33. The summed E-state index contributed by atoms with van der Waals surface area (Å²) in [5.74, 6) is -0.308. The number of hydrogen-bond acceptors (Lipinski definition) is 3. The zero-order valence-corrected chi connectivity index (χ0v) is 13.4. The fraction of sp³-hybridized carbons (Fsp3) is 0.222. The molecule has 2 amide bonds. The van der Waals surface area contributed by atoms with Crippen LogP contribution >= 0.6 is 0 Å². The van der Waals surface area contributed by atoms with Gasteiger partial charge in [-0.3, -0.25) is 9.59 Å². The minimum atomic E-state index is -0.513. The van der Waals surface area contributed by atoms with Crippen molar-refractivity contribution in [3.8, 4) is 5.75 Å². The van der Waals surface area contributed by atoms with E-state index in [-0.39, 0.29) is 23.9 Å². The van der Waals surface area contributed by atoms with Crippen LogP contribution in [0.15, 0.2) is 42.5 Å². The Kier molecular flexibility index (Phi) is 4.20. The van der Waals surface area contributed by atoms with Crippen LogP contribution in [0.25, 0.3) is 0 Å². The van der Waals surface area contributed by atoms with Gasteiger partial charge in [-0.15, -0.1) is 0 Å². The smallest absolute Gasteiger partial charge is 0.267 e. The van der Waals surface area contributed by atoms with E-state index in [4.69, 9.17) is 4.74 Å². The number of hydrogen-bond donors (Lipinski definition) is 1. The lowest BCUT2D eigenvalue weighted by Gasteiger charge is -2.30.